The molecule has 116 valence electrons. The maximum absolute atomic E-state index is 5.91. The van der Waals surface area contributed by atoms with Crippen molar-refractivity contribution >= 4 is 46.1 Å². The van der Waals surface area contributed by atoms with Crippen molar-refractivity contribution in [1.82, 2.24) is 0 Å². The Bertz CT molecular complexity index is 779. The van der Waals surface area contributed by atoms with Gasteiger partial charge >= 0.3 is 0 Å². The fourth-order valence-electron chi connectivity index (χ4n) is 2.30. The Balaban J connectivity index is 1.78. The van der Waals surface area contributed by atoms with Crippen LogP contribution in [0.4, 0.5) is 17.3 Å². The highest BCUT2D eigenvalue weighted by Gasteiger charge is 2.10. The van der Waals surface area contributed by atoms with E-state index in [0.717, 1.165) is 29.6 Å². The van der Waals surface area contributed by atoms with Gasteiger partial charge in [0, 0.05) is 21.9 Å². The van der Waals surface area contributed by atoms with Crippen LogP contribution < -0.4 is 4.90 Å². The fourth-order valence-corrected chi connectivity index (χ4v) is 2.66. The van der Waals surface area contributed by atoms with Crippen molar-refractivity contribution in [3.8, 4) is 0 Å². The molecule has 0 spiro atoms. The zero-order valence-corrected chi connectivity index (χ0v) is 15.0. The number of rotatable bonds is 5. The molecular weight excluding hydrogens is 399 g/mol. The largest absolute Gasteiger partial charge is 0.439 e. The standard InChI is InChI=1S/C19H17IN2O/c1-2-22(17-6-4-3-5-7-17)19-13-12-18(23-19)14-21-16-10-8-15(20)9-11-16/h3-14H,2H2,1H3. The van der Waals surface area contributed by atoms with E-state index >= 15 is 0 Å². The van der Waals surface area contributed by atoms with Crippen LogP contribution >= 0.6 is 22.6 Å². The van der Waals surface area contributed by atoms with Gasteiger partial charge in [0.25, 0.3) is 0 Å². The molecule has 1 aromatic heterocycles. The lowest BCUT2D eigenvalue weighted by atomic mass is 10.3. The molecule has 0 radical (unpaired) electrons. The summed E-state index contributed by atoms with van der Waals surface area (Å²) in [7, 11) is 0. The third kappa shape index (κ3) is 4.01. The Morgan fingerprint density at radius 3 is 2.43 bits per heavy atom. The van der Waals surface area contributed by atoms with E-state index in [1.807, 2.05) is 54.6 Å². The lowest BCUT2D eigenvalue weighted by Gasteiger charge is -2.19. The van der Waals surface area contributed by atoms with Gasteiger partial charge in [-0.2, -0.15) is 0 Å². The molecule has 3 rings (SSSR count). The SMILES string of the molecule is CCN(c1ccccc1)c1ccc(C=Nc2ccc(I)cc2)o1. The average Bonchev–Trinajstić information content (AvgIpc) is 3.05. The van der Waals surface area contributed by atoms with Gasteiger partial charge in [-0.3, -0.25) is 4.99 Å². The number of anilines is 2. The van der Waals surface area contributed by atoms with Gasteiger partial charge in [0.05, 0.1) is 11.9 Å². The number of para-hydroxylation sites is 1. The van der Waals surface area contributed by atoms with Crippen molar-refractivity contribution in [1.29, 1.82) is 0 Å². The van der Waals surface area contributed by atoms with E-state index in [-0.39, 0.29) is 0 Å². The number of halogens is 1. The van der Waals surface area contributed by atoms with Gasteiger partial charge in [-0.1, -0.05) is 18.2 Å². The van der Waals surface area contributed by atoms with Crippen LogP contribution in [0.1, 0.15) is 12.7 Å². The third-order valence-corrected chi connectivity index (χ3v) is 4.15. The van der Waals surface area contributed by atoms with Crippen LogP contribution in [-0.2, 0) is 0 Å². The molecule has 0 atom stereocenters. The zero-order valence-electron chi connectivity index (χ0n) is 12.8. The first-order valence-corrected chi connectivity index (χ1v) is 8.56. The van der Waals surface area contributed by atoms with E-state index in [0.29, 0.717) is 0 Å². The normalized spacial score (nSPS) is 11.0. The molecule has 4 heteroatoms. The number of furan rings is 1. The molecule has 0 unspecified atom stereocenters. The average molecular weight is 416 g/mol. The highest BCUT2D eigenvalue weighted by Crippen LogP contribution is 2.26. The minimum atomic E-state index is 0.743. The Hall–Kier alpha value is -2.08. The van der Waals surface area contributed by atoms with E-state index in [2.05, 4.69) is 51.5 Å². The summed E-state index contributed by atoms with van der Waals surface area (Å²) in [5.41, 5.74) is 2.03. The number of hydrogen-bond donors (Lipinski definition) is 0. The molecule has 2 aromatic carbocycles. The van der Waals surface area contributed by atoms with Crippen LogP contribution in [0.25, 0.3) is 0 Å². The molecule has 3 nitrogen and oxygen atoms in total. The maximum atomic E-state index is 5.91. The van der Waals surface area contributed by atoms with Gasteiger partial charge in [-0.25, -0.2) is 0 Å². The molecule has 0 N–H and O–H groups in total. The third-order valence-electron chi connectivity index (χ3n) is 3.43. The fraction of sp³-hybridized carbons (Fsp3) is 0.105. The molecule has 23 heavy (non-hydrogen) atoms. The number of nitrogens with zero attached hydrogens (tertiary/aromatic N) is 2. The maximum Gasteiger partial charge on any atom is 0.200 e. The highest BCUT2D eigenvalue weighted by molar-refractivity contribution is 14.1. The summed E-state index contributed by atoms with van der Waals surface area (Å²) in [5.74, 6) is 1.57. The Kier molecular flexibility index (Phi) is 5.12. The second kappa shape index (κ2) is 7.46. The van der Waals surface area contributed by atoms with Gasteiger partial charge in [0.15, 0.2) is 0 Å². The van der Waals surface area contributed by atoms with Crippen molar-refractivity contribution in [2.24, 2.45) is 4.99 Å². The molecule has 3 aromatic rings. The lowest BCUT2D eigenvalue weighted by Crippen LogP contribution is -2.14. The molecule has 0 aliphatic heterocycles. The summed E-state index contributed by atoms with van der Waals surface area (Å²) in [4.78, 5) is 6.58. The Morgan fingerprint density at radius 1 is 1.00 bits per heavy atom. The van der Waals surface area contributed by atoms with Crippen LogP contribution in [0.2, 0.25) is 0 Å². The lowest BCUT2D eigenvalue weighted by molar-refractivity contribution is 0.558. The minimum absolute atomic E-state index is 0.743. The van der Waals surface area contributed by atoms with Crippen LogP contribution in [0.3, 0.4) is 0 Å². The van der Waals surface area contributed by atoms with Crippen LogP contribution in [-0.4, -0.2) is 12.8 Å². The first-order valence-electron chi connectivity index (χ1n) is 7.48. The smallest absolute Gasteiger partial charge is 0.200 e. The van der Waals surface area contributed by atoms with E-state index in [1.54, 1.807) is 6.21 Å². The number of benzene rings is 2. The van der Waals surface area contributed by atoms with Crippen molar-refractivity contribution in [2.45, 2.75) is 6.92 Å². The van der Waals surface area contributed by atoms with Gasteiger partial charge in [-0.15, -0.1) is 0 Å². The van der Waals surface area contributed by atoms with Crippen molar-refractivity contribution in [3.63, 3.8) is 0 Å². The summed E-state index contributed by atoms with van der Waals surface area (Å²) in [6.07, 6.45) is 1.75. The van der Waals surface area contributed by atoms with Gasteiger partial charge < -0.3 is 9.32 Å². The molecule has 0 bridgehead atoms. The molecule has 0 aliphatic rings. The molecule has 0 amide bonds. The van der Waals surface area contributed by atoms with E-state index in [4.69, 9.17) is 4.42 Å². The summed E-state index contributed by atoms with van der Waals surface area (Å²) in [6.45, 7) is 2.94. The molecule has 0 aliphatic carbocycles. The monoisotopic (exact) mass is 416 g/mol. The molecule has 0 fully saturated rings. The van der Waals surface area contributed by atoms with Gasteiger partial charge in [-0.05, 0) is 72.0 Å². The number of hydrogen-bond acceptors (Lipinski definition) is 3. The summed E-state index contributed by atoms with van der Waals surface area (Å²) < 4.78 is 7.11. The molecule has 0 saturated carbocycles. The van der Waals surface area contributed by atoms with Crippen LogP contribution in [0, 0.1) is 3.57 Å². The summed E-state index contributed by atoms with van der Waals surface area (Å²) in [5, 5.41) is 0. The van der Waals surface area contributed by atoms with E-state index in [1.165, 1.54) is 3.57 Å². The van der Waals surface area contributed by atoms with E-state index in [9.17, 15) is 0 Å². The van der Waals surface area contributed by atoms with Crippen molar-refractivity contribution in [3.05, 3.63) is 76.1 Å². The van der Waals surface area contributed by atoms with Gasteiger partial charge in [0.2, 0.25) is 5.88 Å². The second-order valence-corrected chi connectivity index (χ2v) is 6.24. The van der Waals surface area contributed by atoms with Crippen LogP contribution in [0.15, 0.2) is 76.1 Å². The Morgan fingerprint density at radius 2 is 1.74 bits per heavy atom. The first kappa shape index (κ1) is 15.8. The Labute approximate surface area is 149 Å². The zero-order chi connectivity index (χ0) is 16.1. The van der Waals surface area contributed by atoms with Crippen molar-refractivity contribution in [2.75, 3.05) is 11.4 Å². The summed E-state index contributed by atoms with van der Waals surface area (Å²) in [6, 6.07) is 22.2. The predicted molar refractivity (Wildman–Crippen MR) is 104 cm³/mol. The molecule has 1 heterocycles. The predicted octanol–water partition coefficient (Wildman–Crippen LogP) is 5.79. The van der Waals surface area contributed by atoms with E-state index < -0.39 is 0 Å². The molecule has 0 saturated heterocycles. The molecular formula is C19H17IN2O. The minimum Gasteiger partial charge on any atom is -0.439 e. The van der Waals surface area contributed by atoms with Gasteiger partial charge in [0.1, 0.15) is 5.76 Å². The summed E-state index contributed by atoms with van der Waals surface area (Å²) >= 11 is 2.28. The number of aliphatic imine (C=N–C) groups is 1. The quantitative estimate of drug-likeness (QED) is 0.389. The van der Waals surface area contributed by atoms with Crippen molar-refractivity contribution < 1.29 is 4.42 Å². The first-order chi connectivity index (χ1) is 11.3. The van der Waals surface area contributed by atoms with Crippen LogP contribution in [0.5, 0.6) is 0 Å². The highest BCUT2D eigenvalue weighted by atomic mass is 127. The second-order valence-electron chi connectivity index (χ2n) is 4.99. The topological polar surface area (TPSA) is 28.7 Å².